The molecule has 1 heterocycles. The van der Waals surface area contributed by atoms with Crippen molar-refractivity contribution in [2.45, 2.75) is 6.92 Å². The van der Waals surface area contributed by atoms with Gasteiger partial charge in [0.2, 0.25) is 0 Å². The summed E-state index contributed by atoms with van der Waals surface area (Å²) in [4.78, 5) is 24.8. The van der Waals surface area contributed by atoms with E-state index in [1.165, 1.54) is 35.9 Å². The Morgan fingerprint density at radius 3 is 2.48 bits per heavy atom. The zero-order chi connectivity index (χ0) is 16.6. The fraction of sp³-hybridized carbons (Fsp3) is 0.111. The van der Waals surface area contributed by atoms with E-state index in [2.05, 4.69) is 5.32 Å². The van der Waals surface area contributed by atoms with Gasteiger partial charge in [-0.3, -0.25) is 9.59 Å². The van der Waals surface area contributed by atoms with Crippen molar-refractivity contribution >= 4 is 22.4 Å². The summed E-state index contributed by atoms with van der Waals surface area (Å²) in [7, 11) is 1.52. The van der Waals surface area contributed by atoms with Crippen molar-refractivity contribution in [1.29, 1.82) is 0 Å². The molecule has 0 bridgehead atoms. The zero-order valence-corrected chi connectivity index (χ0v) is 12.8. The maximum absolute atomic E-state index is 13.4. The lowest BCUT2D eigenvalue weighted by Crippen LogP contribution is -2.26. The molecule has 0 radical (unpaired) electrons. The standard InChI is InChI=1S/C18H15FN2O2/c1-11-3-6-14(7-4-11)20-17(22)16-10-12-9-13(19)5-8-15(12)18(23)21(16)2/h3-10H,1-2H3,(H,20,22). The Morgan fingerprint density at radius 2 is 1.78 bits per heavy atom. The largest absolute Gasteiger partial charge is 0.321 e. The highest BCUT2D eigenvalue weighted by Crippen LogP contribution is 2.15. The molecule has 0 atom stereocenters. The highest BCUT2D eigenvalue weighted by Gasteiger charge is 2.14. The molecule has 116 valence electrons. The first-order valence-corrected chi connectivity index (χ1v) is 7.13. The van der Waals surface area contributed by atoms with Crippen LogP contribution in [-0.2, 0) is 7.05 Å². The molecule has 3 rings (SSSR count). The van der Waals surface area contributed by atoms with Crippen LogP contribution in [0.15, 0.2) is 53.3 Å². The van der Waals surface area contributed by atoms with E-state index in [9.17, 15) is 14.0 Å². The summed E-state index contributed by atoms with van der Waals surface area (Å²) >= 11 is 0. The summed E-state index contributed by atoms with van der Waals surface area (Å²) in [6, 6.07) is 12.8. The van der Waals surface area contributed by atoms with Crippen LogP contribution in [0.2, 0.25) is 0 Å². The molecule has 3 aromatic rings. The number of nitrogens with one attached hydrogen (secondary N) is 1. The minimum atomic E-state index is -0.448. The average Bonchev–Trinajstić information content (AvgIpc) is 2.52. The number of anilines is 1. The smallest absolute Gasteiger partial charge is 0.272 e. The molecule has 0 aliphatic rings. The van der Waals surface area contributed by atoms with Crippen LogP contribution < -0.4 is 10.9 Å². The molecule has 1 amide bonds. The predicted octanol–water partition coefficient (Wildman–Crippen LogP) is 3.24. The summed E-state index contributed by atoms with van der Waals surface area (Å²) in [6.45, 7) is 1.95. The number of nitrogens with zero attached hydrogens (tertiary/aromatic N) is 1. The molecule has 2 aromatic carbocycles. The Kier molecular flexibility index (Phi) is 3.70. The van der Waals surface area contributed by atoms with Gasteiger partial charge in [-0.25, -0.2) is 4.39 Å². The van der Waals surface area contributed by atoms with E-state index in [-0.39, 0.29) is 11.3 Å². The van der Waals surface area contributed by atoms with Gasteiger partial charge in [0.05, 0.1) is 0 Å². The lowest BCUT2D eigenvalue weighted by molar-refractivity contribution is 0.101. The number of hydrogen-bond donors (Lipinski definition) is 1. The second-order valence-corrected chi connectivity index (χ2v) is 5.45. The Morgan fingerprint density at radius 1 is 1.09 bits per heavy atom. The van der Waals surface area contributed by atoms with Crippen molar-refractivity contribution in [3.05, 3.63) is 76.0 Å². The number of benzene rings is 2. The number of halogens is 1. The third-order valence-corrected chi connectivity index (χ3v) is 3.74. The third-order valence-electron chi connectivity index (χ3n) is 3.74. The molecular formula is C18H15FN2O2. The molecule has 5 heteroatoms. The molecular weight excluding hydrogens is 295 g/mol. The van der Waals surface area contributed by atoms with E-state index < -0.39 is 11.7 Å². The van der Waals surface area contributed by atoms with Crippen LogP contribution >= 0.6 is 0 Å². The maximum Gasteiger partial charge on any atom is 0.272 e. The molecule has 0 aliphatic heterocycles. The first kappa shape index (κ1) is 15.0. The number of pyridine rings is 1. The van der Waals surface area contributed by atoms with Gasteiger partial charge < -0.3 is 9.88 Å². The maximum atomic E-state index is 13.4. The summed E-state index contributed by atoms with van der Waals surface area (Å²) in [5.74, 6) is -0.865. The van der Waals surface area contributed by atoms with Crippen molar-refractivity contribution in [3.8, 4) is 0 Å². The van der Waals surface area contributed by atoms with Gasteiger partial charge >= 0.3 is 0 Å². The van der Waals surface area contributed by atoms with Gasteiger partial charge in [-0.15, -0.1) is 0 Å². The van der Waals surface area contributed by atoms with Crippen molar-refractivity contribution in [1.82, 2.24) is 4.57 Å². The Hall–Kier alpha value is -2.95. The topological polar surface area (TPSA) is 51.1 Å². The van der Waals surface area contributed by atoms with Gasteiger partial charge in [-0.2, -0.15) is 0 Å². The number of aromatic nitrogens is 1. The lowest BCUT2D eigenvalue weighted by atomic mass is 10.1. The predicted molar refractivity (Wildman–Crippen MR) is 88.3 cm³/mol. The summed E-state index contributed by atoms with van der Waals surface area (Å²) < 4.78 is 14.6. The number of hydrogen-bond acceptors (Lipinski definition) is 2. The zero-order valence-electron chi connectivity index (χ0n) is 12.8. The lowest BCUT2D eigenvalue weighted by Gasteiger charge is -2.11. The quantitative estimate of drug-likeness (QED) is 0.790. The first-order valence-electron chi connectivity index (χ1n) is 7.13. The van der Waals surface area contributed by atoms with E-state index in [0.29, 0.717) is 16.5 Å². The Labute approximate surface area is 132 Å². The SMILES string of the molecule is Cc1ccc(NC(=O)c2cc3cc(F)ccc3c(=O)n2C)cc1. The van der Waals surface area contributed by atoms with E-state index in [0.717, 1.165) is 5.56 Å². The van der Waals surface area contributed by atoms with Gasteiger partial charge in [0.1, 0.15) is 11.5 Å². The molecule has 0 saturated carbocycles. The first-order chi connectivity index (χ1) is 11.0. The van der Waals surface area contributed by atoms with Gasteiger partial charge in [0.25, 0.3) is 11.5 Å². The summed E-state index contributed by atoms with van der Waals surface area (Å²) in [5.41, 5.74) is 1.55. The van der Waals surface area contributed by atoms with Crippen LogP contribution in [0.25, 0.3) is 10.8 Å². The van der Waals surface area contributed by atoms with E-state index in [4.69, 9.17) is 0 Å². The van der Waals surface area contributed by atoms with Crippen LogP contribution in [0.3, 0.4) is 0 Å². The minimum Gasteiger partial charge on any atom is -0.321 e. The van der Waals surface area contributed by atoms with E-state index in [1.54, 1.807) is 12.1 Å². The number of amides is 1. The van der Waals surface area contributed by atoms with Crippen LogP contribution in [0.5, 0.6) is 0 Å². The number of carbonyl (C=O) groups is 1. The van der Waals surface area contributed by atoms with Gasteiger partial charge in [0.15, 0.2) is 0 Å². The van der Waals surface area contributed by atoms with E-state index in [1.807, 2.05) is 19.1 Å². The fourth-order valence-electron chi connectivity index (χ4n) is 2.43. The Bertz CT molecular complexity index is 959. The average molecular weight is 310 g/mol. The fourth-order valence-corrected chi connectivity index (χ4v) is 2.43. The van der Waals surface area contributed by atoms with Crippen LogP contribution in [-0.4, -0.2) is 10.5 Å². The normalized spacial score (nSPS) is 10.7. The highest BCUT2D eigenvalue weighted by atomic mass is 19.1. The molecule has 0 unspecified atom stereocenters. The second kappa shape index (κ2) is 5.68. The Balaban J connectivity index is 2.04. The number of aryl methyl sites for hydroxylation is 1. The number of rotatable bonds is 2. The van der Waals surface area contributed by atoms with Gasteiger partial charge in [-0.05, 0) is 48.7 Å². The minimum absolute atomic E-state index is 0.175. The summed E-state index contributed by atoms with van der Waals surface area (Å²) in [6.07, 6.45) is 0. The third kappa shape index (κ3) is 2.85. The van der Waals surface area contributed by atoms with E-state index >= 15 is 0 Å². The molecule has 0 spiro atoms. The summed E-state index contributed by atoms with van der Waals surface area (Å²) in [5, 5.41) is 3.52. The van der Waals surface area contributed by atoms with Crippen LogP contribution in [0.1, 0.15) is 16.1 Å². The molecule has 4 nitrogen and oxygen atoms in total. The van der Waals surface area contributed by atoms with Crippen molar-refractivity contribution in [3.63, 3.8) is 0 Å². The molecule has 0 aliphatic carbocycles. The molecule has 1 aromatic heterocycles. The van der Waals surface area contributed by atoms with Crippen molar-refractivity contribution in [2.24, 2.45) is 7.05 Å². The van der Waals surface area contributed by atoms with Crippen LogP contribution in [0, 0.1) is 12.7 Å². The van der Waals surface area contributed by atoms with Crippen molar-refractivity contribution in [2.75, 3.05) is 5.32 Å². The van der Waals surface area contributed by atoms with Gasteiger partial charge in [0, 0.05) is 18.1 Å². The molecule has 0 fully saturated rings. The monoisotopic (exact) mass is 310 g/mol. The highest BCUT2D eigenvalue weighted by molar-refractivity contribution is 6.05. The molecule has 23 heavy (non-hydrogen) atoms. The van der Waals surface area contributed by atoms with Crippen LogP contribution in [0.4, 0.5) is 10.1 Å². The van der Waals surface area contributed by atoms with Gasteiger partial charge in [-0.1, -0.05) is 17.7 Å². The molecule has 1 N–H and O–H groups in total. The van der Waals surface area contributed by atoms with Crippen molar-refractivity contribution < 1.29 is 9.18 Å². The molecule has 0 saturated heterocycles. The number of fused-ring (bicyclic) bond motifs is 1. The number of carbonyl (C=O) groups excluding carboxylic acids is 1. The second-order valence-electron chi connectivity index (χ2n) is 5.45.